The highest BCUT2D eigenvalue weighted by Gasteiger charge is 2.22. The smallest absolute Gasteiger partial charge is 0.270 e. The average Bonchev–Trinajstić information content (AvgIpc) is 2.68. The molecular formula is C15H23N3O8. The molecule has 146 valence electrons. The topological polar surface area (TPSA) is 192 Å². The van der Waals surface area contributed by atoms with Crippen LogP contribution in [-0.2, 0) is 0 Å². The van der Waals surface area contributed by atoms with E-state index in [4.69, 9.17) is 20.4 Å². The first-order valence-corrected chi connectivity index (χ1v) is 7.75. The van der Waals surface area contributed by atoms with E-state index in [1.165, 1.54) is 12.1 Å². The van der Waals surface area contributed by atoms with Crippen molar-refractivity contribution in [3.8, 4) is 0 Å². The van der Waals surface area contributed by atoms with Crippen LogP contribution in [0.15, 0.2) is 18.3 Å². The monoisotopic (exact) mass is 373 g/mol. The SMILES string of the molecule is O=C(NC(CO)C(O)CO)c1ccc(C(=O)NC(CO)C(O)CO)nc1. The van der Waals surface area contributed by atoms with Crippen LogP contribution < -0.4 is 10.6 Å². The summed E-state index contributed by atoms with van der Waals surface area (Å²) in [5, 5.41) is 59.4. The van der Waals surface area contributed by atoms with E-state index in [1.54, 1.807) is 0 Å². The summed E-state index contributed by atoms with van der Waals surface area (Å²) in [5.41, 5.74) is -0.0570. The van der Waals surface area contributed by atoms with Crippen molar-refractivity contribution >= 4 is 11.8 Å². The number of rotatable bonds is 10. The van der Waals surface area contributed by atoms with E-state index in [1.807, 2.05) is 0 Å². The van der Waals surface area contributed by atoms with E-state index >= 15 is 0 Å². The number of carbonyl (C=O) groups excluding carboxylic acids is 2. The molecule has 0 fully saturated rings. The number of amides is 2. The maximum atomic E-state index is 12.0. The van der Waals surface area contributed by atoms with Gasteiger partial charge in [-0.25, -0.2) is 0 Å². The number of nitrogens with one attached hydrogen (secondary N) is 2. The number of pyridine rings is 1. The third kappa shape index (κ3) is 5.98. The Kier molecular flexibility index (Phi) is 9.05. The lowest BCUT2D eigenvalue weighted by molar-refractivity contribution is 0.0387. The number of aliphatic hydroxyl groups is 6. The van der Waals surface area contributed by atoms with Gasteiger partial charge < -0.3 is 41.3 Å². The van der Waals surface area contributed by atoms with Crippen molar-refractivity contribution in [2.45, 2.75) is 24.3 Å². The fourth-order valence-corrected chi connectivity index (χ4v) is 1.94. The Morgan fingerprint density at radius 2 is 1.35 bits per heavy atom. The first-order valence-electron chi connectivity index (χ1n) is 7.75. The number of hydrogen-bond donors (Lipinski definition) is 8. The average molecular weight is 373 g/mol. The van der Waals surface area contributed by atoms with Gasteiger partial charge in [0.25, 0.3) is 11.8 Å². The molecule has 4 unspecified atom stereocenters. The van der Waals surface area contributed by atoms with Crippen LogP contribution in [-0.4, -0.2) is 98.2 Å². The molecule has 0 aliphatic rings. The lowest BCUT2D eigenvalue weighted by Gasteiger charge is -2.21. The van der Waals surface area contributed by atoms with Crippen molar-refractivity contribution in [1.82, 2.24) is 15.6 Å². The predicted octanol–water partition coefficient (Wildman–Crippen LogP) is -4.03. The molecule has 1 aromatic rings. The van der Waals surface area contributed by atoms with Gasteiger partial charge in [0.05, 0.1) is 56.3 Å². The molecular weight excluding hydrogens is 350 g/mol. The molecule has 0 saturated carbocycles. The molecule has 0 saturated heterocycles. The molecule has 0 spiro atoms. The Morgan fingerprint density at radius 1 is 0.846 bits per heavy atom. The quantitative estimate of drug-likeness (QED) is 0.202. The molecule has 4 atom stereocenters. The third-order valence-electron chi connectivity index (χ3n) is 3.59. The minimum Gasteiger partial charge on any atom is -0.394 e. The van der Waals surface area contributed by atoms with Crippen molar-refractivity contribution in [2.75, 3.05) is 26.4 Å². The summed E-state index contributed by atoms with van der Waals surface area (Å²) in [5.74, 6) is -1.41. The fourth-order valence-electron chi connectivity index (χ4n) is 1.94. The number of nitrogens with zero attached hydrogens (tertiary/aromatic N) is 1. The van der Waals surface area contributed by atoms with Gasteiger partial charge in [-0.05, 0) is 12.1 Å². The Balaban J connectivity index is 2.75. The summed E-state index contributed by atoms with van der Waals surface area (Å²) in [6.45, 7) is -2.47. The van der Waals surface area contributed by atoms with Gasteiger partial charge in [0.15, 0.2) is 0 Å². The Hall–Kier alpha value is -2.15. The van der Waals surface area contributed by atoms with E-state index in [9.17, 15) is 19.8 Å². The second kappa shape index (κ2) is 10.8. The standard InChI is InChI=1S/C15H23N3O8/c19-4-10(12(23)6-21)17-14(25)8-1-2-9(16-3-8)15(26)18-11(5-20)13(24)7-22/h1-3,10-13,19-24H,4-7H2,(H,17,25)(H,18,26). The zero-order valence-electron chi connectivity index (χ0n) is 13.8. The van der Waals surface area contributed by atoms with Crippen molar-refractivity contribution in [3.05, 3.63) is 29.6 Å². The summed E-state index contributed by atoms with van der Waals surface area (Å²) < 4.78 is 0. The first kappa shape index (κ1) is 21.9. The van der Waals surface area contributed by atoms with Crippen molar-refractivity contribution in [2.24, 2.45) is 0 Å². The van der Waals surface area contributed by atoms with Crippen molar-refractivity contribution in [3.63, 3.8) is 0 Å². The highest BCUT2D eigenvalue weighted by atomic mass is 16.3. The summed E-state index contributed by atoms with van der Waals surface area (Å²) in [7, 11) is 0. The molecule has 0 bridgehead atoms. The van der Waals surface area contributed by atoms with Gasteiger partial charge in [0.2, 0.25) is 0 Å². The van der Waals surface area contributed by atoms with Crippen LogP contribution in [0.25, 0.3) is 0 Å². The van der Waals surface area contributed by atoms with E-state index < -0.39 is 62.5 Å². The molecule has 11 nitrogen and oxygen atoms in total. The van der Waals surface area contributed by atoms with Gasteiger partial charge in [0, 0.05) is 6.20 Å². The van der Waals surface area contributed by atoms with Crippen LogP contribution in [0.3, 0.4) is 0 Å². The largest absolute Gasteiger partial charge is 0.394 e. The molecule has 1 rings (SSSR count). The number of hydrogen-bond acceptors (Lipinski definition) is 9. The molecule has 1 heterocycles. The zero-order valence-corrected chi connectivity index (χ0v) is 13.8. The molecule has 0 radical (unpaired) electrons. The minimum absolute atomic E-state index is 0.0410. The van der Waals surface area contributed by atoms with Crippen molar-refractivity contribution < 1.29 is 40.2 Å². The van der Waals surface area contributed by atoms with Gasteiger partial charge in [-0.15, -0.1) is 0 Å². The Morgan fingerprint density at radius 3 is 1.73 bits per heavy atom. The number of aromatic nitrogens is 1. The van der Waals surface area contributed by atoms with Crippen LogP contribution in [0.1, 0.15) is 20.8 Å². The Labute approximate surface area is 148 Å². The van der Waals surface area contributed by atoms with E-state index in [2.05, 4.69) is 15.6 Å². The van der Waals surface area contributed by atoms with Gasteiger partial charge in [0.1, 0.15) is 5.69 Å². The molecule has 26 heavy (non-hydrogen) atoms. The summed E-state index contributed by atoms with van der Waals surface area (Å²) in [6, 6.07) is 0.344. The second-order valence-electron chi connectivity index (χ2n) is 5.46. The maximum absolute atomic E-state index is 12.0. The van der Waals surface area contributed by atoms with Crippen LogP contribution in [0.5, 0.6) is 0 Å². The highest BCUT2D eigenvalue weighted by Crippen LogP contribution is 2.04. The third-order valence-corrected chi connectivity index (χ3v) is 3.59. The number of aliphatic hydroxyl groups excluding tert-OH is 6. The van der Waals surface area contributed by atoms with Gasteiger partial charge in [-0.2, -0.15) is 0 Å². The normalized spacial score (nSPS) is 15.6. The van der Waals surface area contributed by atoms with Crippen LogP contribution in [0.2, 0.25) is 0 Å². The number of carbonyl (C=O) groups is 2. The zero-order chi connectivity index (χ0) is 19.7. The Bertz CT molecular complexity index is 532. The van der Waals surface area contributed by atoms with E-state index in [-0.39, 0.29) is 11.3 Å². The summed E-state index contributed by atoms with van der Waals surface area (Å²) in [4.78, 5) is 27.8. The van der Waals surface area contributed by atoms with Gasteiger partial charge in [-0.3, -0.25) is 14.6 Å². The van der Waals surface area contributed by atoms with Crippen LogP contribution >= 0.6 is 0 Å². The predicted molar refractivity (Wildman–Crippen MR) is 87.1 cm³/mol. The maximum Gasteiger partial charge on any atom is 0.270 e. The summed E-state index contributed by atoms with van der Waals surface area (Å²) >= 11 is 0. The summed E-state index contributed by atoms with van der Waals surface area (Å²) in [6.07, 6.45) is -1.60. The van der Waals surface area contributed by atoms with Gasteiger partial charge in [-0.1, -0.05) is 0 Å². The van der Waals surface area contributed by atoms with E-state index in [0.717, 1.165) is 6.20 Å². The molecule has 2 amide bonds. The molecule has 1 aromatic heterocycles. The lowest BCUT2D eigenvalue weighted by atomic mass is 10.1. The highest BCUT2D eigenvalue weighted by molar-refractivity contribution is 5.96. The molecule has 0 aromatic carbocycles. The van der Waals surface area contributed by atoms with Crippen molar-refractivity contribution in [1.29, 1.82) is 0 Å². The van der Waals surface area contributed by atoms with E-state index in [0.29, 0.717) is 0 Å². The molecule has 0 aliphatic carbocycles. The fraction of sp³-hybridized carbons (Fsp3) is 0.533. The molecule has 0 aliphatic heterocycles. The lowest BCUT2D eigenvalue weighted by Crippen LogP contribution is -2.47. The van der Waals surface area contributed by atoms with Crippen LogP contribution in [0.4, 0.5) is 0 Å². The molecule has 8 N–H and O–H groups in total. The first-order chi connectivity index (χ1) is 12.4. The second-order valence-corrected chi connectivity index (χ2v) is 5.46. The minimum atomic E-state index is -1.35. The molecule has 11 heteroatoms. The van der Waals surface area contributed by atoms with Gasteiger partial charge >= 0.3 is 0 Å². The van der Waals surface area contributed by atoms with Crippen LogP contribution in [0, 0.1) is 0 Å².